The van der Waals surface area contributed by atoms with Crippen molar-refractivity contribution in [2.75, 3.05) is 13.6 Å². The second-order valence-electron chi connectivity index (χ2n) is 15.4. The maximum Gasteiger partial charge on any atom is 0.407 e. The second-order valence-corrected chi connectivity index (χ2v) is 15.4. The average molecular weight is 783 g/mol. The molecule has 5 atom stereocenters. The molecule has 5 N–H and O–H groups in total. The van der Waals surface area contributed by atoms with Crippen LogP contribution in [0.5, 0.6) is 0 Å². The van der Waals surface area contributed by atoms with Gasteiger partial charge in [0.05, 0.1) is 0 Å². The van der Waals surface area contributed by atoms with Gasteiger partial charge in [0.2, 0.25) is 29.5 Å². The van der Waals surface area contributed by atoms with Crippen molar-refractivity contribution in [3.05, 3.63) is 108 Å². The third-order valence-electron chi connectivity index (χ3n) is 9.85. The topological polar surface area (TPSA) is 175 Å². The first kappa shape index (κ1) is 44.0. The van der Waals surface area contributed by atoms with Gasteiger partial charge in [-0.05, 0) is 54.2 Å². The number of rotatable bonds is 14. The van der Waals surface area contributed by atoms with E-state index in [-0.39, 0.29) is 44.2 Å². The predicted molar refractivity (Wildman–Crippen MR) is 217 cm³/mol. The first-order valence-corrected chi connectivity index (χ1v) is 19.8. The van der Waals surface area contributed by atoms with Gasteiger partial charge in [0.15, 0.2) is 0 Å². The summed E-state index contributed by atoms with van der Waals surface area (Å²) in [4.78, 5) is 84.6. The highest BCUT2D eigenvalue weighted by Crippen LogP contribution is 2.17. The number of nitrogens with zero attached hydrogens (tertiary/aromatic N) is 1. The van der Waals surface area contributed by atoms with E-state index < -0.39 is 65.8 Å². The fourth-order valence-electron chi connectivity index (χ4n) is 6.90. The molecule has 1 heterocycles. The summed E-state index contributed by atoms with van der Waals surface area (Å²) < 4.78 is 5.29. The predicted octanol–water partition coefficient (Wildman–Crippen LogP) is 4.05. The van der Waals surface area contributed by atoms with Crippen molar-refractivity contribution < 1.29 is 33.5 Å². The second kappa shape index (κ2) is 22.1. The Morgan fingerprint density at radius 1 is 0.632 bits per heavy atom. The lowest BCUT2D eigenvalue weighted by atomic mass is 9.97. The zero-order valence-electron chi connectivity index (χ0n) is 33.7. The normalized spacial score (nSPS) is 21.1. The number of benzene rings is 3. The number of carbonyl (C=O) groups is 6. The largest absolute Gasteiger partial charge is 0.445 e. The van der Waals surface area contributed by atoms with E-state index in [0.717, 1.165) is 16.7 Å². The Hall–Kier alpha value is -5.72. The smallest absolute Gasteiger partial charge is 0.407 e. The first-order valence-electron chi connectivity index (χ1n) is 19.8. The van der Waals surface area contributed by atoms with E-state index in [1.807, 2.05) is 119 Å². The minimum atomic E-state index is -1.12. The molecule has 0 spiro atoms. The molecule has 57 heavy (non-hydrogen) atoms. The Labute approximate surface area is 336 Å². The van der Waals surface area contributed by atoms with Gasteiger partial charge < -0.3 is 36.2 Å². The highest BCUT2D eigenvalue weighted by atomic mass is 16.5. The zero-order chi connectivity index (χ0) is 41.3. The SMILES string of the molecule is CC(C)C[C@@H]1NC(=O)[C@H](Cc2ccccc2)NC(=O)[C@@H](Cc2ccccc2)NC(=O)[C@@H](CCCCNC(=O)OCc2ccccc2)NC(=O)[C@H](C(C)C)N(C)C1=O. The van der Waals surface area contributed by atoms with Crippen molar-refractivity contribution in [3.63, 3.8) is 0 Å². The Morgan fingerprint density at radius 3 is 1.58 bits per heavy atom. The van der Waals surface area contributed by atoms with E-state index in [1.165, 1.54) is 11.9 Å². The molecule has 3 aromatic carbocycles. The third-order valence-corrected chi connectivity index (χ3v) is 9.85. The molecule has 6 amide bonds. The molecular weight excluding hydrogens is 725 g/mol. The Kier molecular flexibility index (Phi) is 17.1. The van der Waals surface area contributed by atoms with E-state index in [2.05, 4.69) is 26.6 Å². The summed E-state index contributed by atoms with van der Waals surface area (Å²) in [5.41, 5.74) is 2.42. The lowest BCUT2D eigenvalue weighted by Crippen LogP contribution is -2.59. The molecule has 3 aromatic rings. The Bertz CT molecular complexity index is 1770. The minimum absolute atomic E-state index is 0.00453. The van der Waals surface area contributed by atoms with Crippen LogP contribution in [-0.2, 0) is 48.2 Å². The van der Waals surface area contributed by atoms with E-state index in [1.54, 1.807) is 0 Å². The highest BCUT2D eigenvalue weighted by molar-refractivity contribution is 5.98. The molecule has 1 aliphatic heterocycles. The zero-order valence-corrected chi connectivity index (χ0v) is 33.7. The first-order chi connectivity index (χ1) is 27.3. The molecule has 0 saturated carbocycles. The number of ether oxygens (including phenoxy) is 1. The summed E-state index contributed by atoms with van der Waals surface area (Å²) in [6.45, 7) is 7.88. The van der Waals surface area contributed by atoms with Crippen molar-refractivity contribution in [1.29, 1.82) is 0 Å². The van der Waals surface area contributed by atoms with Crippen LogP contribution in [0.1, 0.15) is 70.1 Å². The van der Waals surface area contributed by atoms with Crippen molar-refractivity contribution in [1.82, 2.24) is 31.5 Å². The van der Waals surface area contributed by atoms with Gasteiger partial charge in [0.25, 0.3) is 0 Å². The van der Waals surface area contributed by atoms with E-state index >= 15 is 0 Å². The maximum atomic E-state index is 14.2. The summed E-state index contributed by atoms with van der Waals surface area (Å²) in [7, 11) is 1.53. The number of hydrogen-bond donors (Lipinski definition) is 5. The molecule has 1 aliphatic rings. The number of nitrogens with one attached hydrogen (secondary N) is 5. The van der Waals surface area contributed by atoms with Crippen molar-refractivity contribution >= 4 is 35.6 Å². The summed E-state index contributed by atoms with van der Waals surface area (Å²) in [5.74, 6) is -3.10. The van der Waals surface area contributed by atoms with Gasteiger partial charge in [-0.3, -0.25) is 24.0 Å². The molecule has 1 fully saturated rings. The number of alkyl carbamates (subject to hydrolysis) is 1. The summed E-state index contributed by atoms with van der Waals surface area (Å²) in [5, 5.41) is 14.3. The van der Waals surface area contributed by atoms with Crippen LogP contribution in [0.15, 0.2) is 91.0 Å². The minimum Gasteiger partial charge on any atom is -0.445 e. The quantitative estimate of drug-likeness (QED) is 0.153. The fraction of sp³-hybridized carbons (Fsp3) is 0.455. The number of unbranched alkanes of at least 4 members (excludes halogenated alkanes) is 1. The lowest BCUT2D eigenvalue weighted by Gasteiger charge is -2.34. The number of hydrogen-bond acceptors (Lipinski definition) is 7. The van der Waals surface area contributed by atoms with Crippen molar-refractivity contribution in [2.24, 2.45) is 11.8 Å². The van der Waals surface area contributed by atoms with Gasteiger partial charge in [-0.25, -0.2) is 4.79 Å². The van der Waals surface area contributed by atoms with Crippen molar-refractivity contribution in [3.8, 4) is 0 Å². The van der Waals surface area contributed by atoms with Crippen LogP contribution in [0.25, 0.3) is 0 Å². The highest BCUT2D eigenvalue weighted by Gasteiger charge is 2.38. The number of amides is 6. The average Bonchev–Trinajstić information content (AvgIpc) is 3.19. The molecule has 0 unspecified atom stereocenters. The fourth-order valence-corrected chi connectivity index (χ4v) is 6.90. The van der Waals surface area contributed by atoms with Gasteiger partial charge in [0, 0.05) is 26.4 Å². The van der Waals surface area contributed by atoms with Crippen LogP contribution in [0.3, 0.4) is 0 Å². The summed E-state index contributed by atoms with van der Waals surface area (Å²) >= 11 is 0. The van der Waals surface area contributed by atoms with Crippen LogP contribution < -0.4 is 26.6 Å². The third kappa shape index (κ3) is 14.1. The standard InChI is InChI=1S/C44H58N6O7/c1-29(2)25-37-43(55)50(5)38(30(3)4)42(54)46-34(23-15-16-24-45-44(56)57-28-33-21-13-8-14-22-33)39(51)47-35(26-31-17-9-6-10-18-31)40(52)48-36(41(53)49-37)27-32-19-11-7-12-20-32/h6-14,17-22,29-30,34-38H,15-16,23-28H2,1-5H3,(H,45,56)(H,46,54)(H,47,51)(H,48,52)(H,49,53)/t34-,35-,36+,37+,38+/m1/s1. The van der Waals surface area contributed by atoms with E-state index in [4.69, 9.17) is 4.74 Å². The molecule has 13 heteroatoms. The molecular formula is C44H58N6O7. The molecule has 306 valence electrons. The molecule has 0 bridgehead atoms. The van der Waals surface area contributed by atoms with Crippen LogP contribution in [0, 0.1) is 11.8 Å². The number of carbonyl (C=O) groups excluding carboxylic acids is 6. The van der Waals surface area contributed by atoms with Crippen molar-refractivity contribution in [2.45, 2.75) is 103 Å². The molecule has 0 aromatic heterocycles. The molecule has 1 saturated heterocycles. The van der Waals surface area contributed by atoms with Crippen LogP contribution >= 0.6 is 0 Å². The van der Waals surface area contributed by atoms with Gasteiger partial charge in [-0.1, -0.05) is 119 Å². The summed E-state index contributed by atoms with van der Waals surface area (Å²) in [6.07, 6.45) is 1.02. The Balaban J connectivity index is 1.62. The maximum absolute atomic E-state index is 14.2. The molecule has 4 rings (SSSR count). The van der Waals surface area contributed by atoms with Gasteiger partial charge >= 0.3 is 6.09 Å². The Morgan fingerprint density at radius 2 is 1.09 bits per heavy atom. The monoisotopic (exact) mass is 782 g/mol. The molecule has 13 nitrogen and oxygen atoms in total. The van der Waals surface area contributed by atoms with E-state index in [0.29, 0.717) is 19.3 Å². The van der Waals surface area contributed by atoms with Crippen LogP contribution in [-0.4, -0.2) is 84.3 Å². The summed E-state index contributed by atoms with van der Waals surface area (Å²) in [6, 6.07) is 22.5. The number of likely N-dealkylation sites (N-methyl/N-ethyl adjacent to an activating group) is 1. The van der Waals surface area contributed by atoms with Gasteiger partial charge in [-0.2, -0.15) is 0 Å². The molecule has 0 radical (unpaired) electrons. The van der Waals surface area contributed by atoms with Crippen LogP contribution in [0.2, 0.25) is 0 Å². The lowest BCUT2D eigenvalue weighted by molar-refractivity contribution is -0.144. The van der Waals surface area contributed by atoms with Gasteiger partial charge in [0.1, 0.15) is 36.8 Å². The molecule has 0 aliphatic carbocycles. The van der Waals surface area contributed by atoms with E-state index in [9.17, 15) is 28.8 Å². The van der Waals surface area contributed by atoms with Crippen LogP contribution in [0.4, 0.5) is 4.79 Å². The van der Waals surface area contributed by atoms with Gasteiger partial charge in [-0.15, -0.1) is 0 Å².